The number of carbonyl (C=O) groups excluding carboxylic acids is 1. The van der Waals surface area contributed by atoms with E-state index >= 15 is 0 Å². The van der Waals surface area contributed by atoms with Crippen LogP contribution in [0.5, 0.6) is 0 Å². The highest BCUT2D eigenvalue weighted by Gasteiger charge is 2.35. The fraction of sp³-hybridized carbons (Fsp3) is 0.909. The van der Waals surface area contributed by atoms with E-state index in [4.69, 9.17) is 0 Å². The molecule has 0 bridgehead atoms. The zero-order valence-electron chi connectivity index (χ0n) is 9.53. The summed E-state index contributed by atoms with van der Waals surface area (Å²) in [6, 6.07) is 0.913. The van der Waals surface area contributed by atoms with E-state index in [1.807, 2.05) is 0 Å². The molecule has 2 saturated heterocycles. The molecule has 0 radical (unpaired) electrons. The van der Waals surface area contributed by atoms with Gasteiger partial charge in [0.05, 0.1) is 5.92 Å². The van der Waals surface area contributed by atoms with Gasteiger partial charge in [0.2, 0.25) is 5.91 Å². The Kier molecular flexibility index (Phi) is 4.41. The molecule has 88 valence electrons. The van der Waals surface area contributed by atoms with Gasteiger partial charge in [-0.1, -0.05) is 0 Å². The minimum atomic E-state index is 0. The predicted octanol–water partition coefficient (Wildman–Crippen LogP) is 1.42. The molecule has 0 saturated carbocycles. The molecule has 0 aromatic heterocycles. The lowest BCUT2D eigenvalue weighted by Crippen LogP contribution is -2.42. The summed E-state index contributed by atoms with van der Waals surface area (Å²) in [4.78, 5) is 14.3. The van der Waals surface area contributed by atoms with Gasteiger partial charge in [0, 0.05) is 18.6 Å². The summed E-state index contributed by atoms with van der Waals surface area (Å²) in [7, 11) is 0. The van der Waals surface area contributed by atoms with E-state index in [9.17, 15) is 4.79 Å². The molecule has 3 nitrogen and oxygen atoms in total. The number of hydrogen-bond donors (Lipinski definition) is 1. The van der Waals surface area contributed by atoms with Crippen LogP contribution in [0.1, 0.15) is 33.1 Å². The van der Waals surface area contributed by atoms with E-state index < -0.39 is 0 Å². The highest BCUT2D eigenvalue weighted by molar-refractivity contribution is 5.85. The maximum atomic E-state index is 12.2. The Morgan fingerprint density at radius 3 is 2.27 bits per heavy atom. The van der Waals surface area contributed by atoms with Crippen LogP contribution in [0.4, 0.5) is 0 Å². The summed E-state index contributed by atoms with van der Waals surface area (Å²) in [6.45, 7) is 6.23. The van der Waals surface area contributed by atoms with Crippen LogP contribution in [0.15, 0.2) is 0 Å². The lowest BCUT2D eigenvalue weighted by Gasteiger charge is -2.28. The average Bonchev–Trinajstić information content (AvgIpc) is 2.75. The normalized spacial score (nSPS) is 35.3. The van der Waals surface area contributed by atoms with Crippen LogP contribution in [0, 0.1) is 5.92 Å². The van der Waals surface area contributed by atoms with Crippen LogP contribution in [0.25, 0.3) is 0 Å². The number of hydrogen-bond acceptors (Lipinski definition) is 2. The molecule has 1 N–H and O–H groups in total. The maximum Gasteiger partial charge on any atom is 0.227 e. The highest BCUT2D eigenvalue weighted by atomic mass is 35.5. The molecule has 1 amide bonds. The Labute approximate surface area is 98.0 Å². The van der Waals surface area contributed by atoms with Gasteiger partial charge in [-0.25, -0.2) is 0 Å². The number of nitrogens with zero attached hydrogens (tertiary/aromatic N) is 1. The zero-order valence-corrected chi connectivity index (χ0v) is 10.3. The van der Waals surface area contributed by atoms with Crippen LogP contribution in [-0.4, -0.2) is 36.0 Å². The SMILES string of the molecule is CC1CCC(C)N1C(=O)C1CCNC1.Cl. The number of rotatable bonds is 1. The maximum absolute atomic E-state index is 12.2. The molecule has 0 aliphatic carbocycles. The molecule has 2 fully saturated rings. The molecule has 3 unspecified atom stereocenters. The second-order valence-corrected chi connectivity index (χ2v) is 4.71. The molecule has 0 spiro atoms. The Bertz CT molecular complexity index is 219. The topological polar surface area (TPSA) is 32.3 Å². The van der Waals surface area contributed by atoms with Crippen molar-refractivity contribution in [1.29, 1.82) is 0 Å². The first-order valence-electron chi connectivity index (χ1n) is 5.73. The van der Waals surface area contributed by atoms with Crippen molar-refractivity contribution in [3.05, 3.63) is 0 Å². The second kappa shape index (κ2) is 5.17. The van der Waals surface area contributed by atoms with Crippen LogP contribution in [-0.2, 0) is 4.79 Å². The van der Waals surface area contributed by atoms with E-state index in [1.165, 1.54) is 12.8 Å². The summed E-state index contributed by atoms with van der Waals surface area (Å²) in [5.74, 6) is 0.630. The van der Waals surface area contributed by atoms with Gasteiger partial charge in [0.15, 0.2) is 0 Å². The van der Waals surface area contributed by atoms with Gasteiger partial charge < -0.3 is 10.2 Å². The molecular weight excluding hydrogens is 212 g/mol. The van der Waals surface area contributed by atoms with Gasteiger partial charge in [-0.3, -0.25) is 4.79 Å². The summed E-state index contributed by atoms with van der Waals surface area (Å²) in [5, 5.41) is 3.26. The zero-order chi connectivity index (χ0) is 10.1. The summed E-state index contributed by atoms with van der Waals surface area (Å²) >= 11 is 0. The minimum Gasteiger partial charge on any atom is -0.337 e. The van der Waals surface area contributed by atoms with Gasteiger partial charge in [-0.05, 0) is 39.7 Å². The van der Waals surface area contributed by atoms with Crippen molar-refractivity contribution in [2.45, 2.75) is 45.2 Å². The van der Waals surface area contributed by atoms with Crippen molar-refractivity contribution in [3.63, 3.8) is 0 Å². The van der Waals surface area contributed by atoms with E-state index in [1.54, 1.807) is 0 Å². The van der Waals surface area contributed by atoms with E-state index in [-0.39, 0.29) is 18.3 Å². The van der Waals surface area contributed by atoms with Gasteiger partial charge in [-0.15, -0.1) is 12.4 Å². The fourth-order valence-electron chi connectivity index (χ4n) is 2.71. The number of halogens is 1. The Morgan fingerprint density at radius 2 is 1.80 bits per heavy atom. The van der Waals surface area contributed by atoms with Crippen molar-refractivity contribution in [2.75, 3.05) is 13.1 Å². The van der Waals surface area contributed by atoms with Crippen LogP contribution >= 0.6 is 12.4 Å². The van der Waals surface area contributed by atoms with Crippen LogP contribution in [0.3, 0.4) is 0 Å². The molecule has 2 aliphatic rings. The summed E-state index contributed by atoms with van der Waals surface area (Å²) < 4.78 is 0. The van der Waals surface area contributed by atoms with Gasteiger partial charge in [-0.2, -0.15) is 0 Å². The number of likely N-dealkylation sites (tertiary alicyclic amines) is 1. The third kappa shape index (κ3) is 2.45. The molecule has 3 atom stereocenters. The van der Waals surface area contributed by atoms with Crippen molar-refractivity contribution < 1.29 is 4.79 Å². The predicted molar refractivity (Wildman–Crippen MR) is 63.2 cm³/mol. The third-order valence-electron chi connectivity index (χ3n) is 3.62. The lowest BCUT2D eigenvalue weighted by molar-refractivity contribution is -0.137. The van der Waals surface area contributed by atoms with Gasteiger partial charge in [0.1, 0.15) is 0 Å². The van der Waals surface area contributed by atoms with Crippen molar-refractivity contribution >= 4 is 18.3 Å². The standard InChI is InChI=1S/C11H20N2O.ClH/c1-8-3-4-9(2)13(8)11(14)10-5-6-12-7-10;/h8-10,12H,3-7H2,1-2H3;1H. The highest BCUT2D eigenvalue weighted by Crippen LogP contribution is 2.26. The lowest BCUT2D eigenvalue weighted by atomic mass is 10.1. The van der Waals surface area contributed by atoms with E-state index in [2.05, 4.69) is 24.1 Å². The minimum absolute atomic E-state index is 0. The van der Waals surface area contributed by atoms with Crippen LogP contribution in [0.2, 0.25) is 0 Å². The number of carbonyl (C=O) groups is 1. The summed E-state index contributed by atoms with van der Waals surface area (Å²) in [5.41, 5.74) is 0. The van der Waals surface area contributed by atoms with Gasteiger partial charge >= 0.3 is 0 Å². The second-order valence-electron chi connectivity index (χ2n) is 4.71. The molecule has 0 aromatic rings. The van der Waals surface area contributed by atoms with Crippen molar-refractivity contribution in [1.82, 2.24) is 10.2 Å². The number of nitrogens with one attached hydrogen (secondary N) is 1. The largest absolute Gasteiger partial charge is 0.337 e. The molecule has 2 aliphatic heterocycles. The molecular formula is C11H21ClN2O. The van der Waals surface area contributed by atoms with Crippen molar-refractivity contribution in [3.8, 4) is 0 Å². The van der Waals surface area contributed by atoms with Gasteiger partial charge in [0.25, 0.3) is 0 Å². The smallest absolute Gasteiger partial charge is 0.227 e. The monoisotopic (exact) mass is 232 g/mol. The van der Waals surface area contributed by atoms with Crippen molar-refractivity contribution in [2.24, 2.45) is 5.92 Å². The molecule has 15 heavy (non-hydrogen) atoms. The Balaban J connectivity index is 0.00000112. The number of amides is 1. The van der Waals surface area contributed by atoms with E-state index in [0.717, 1.165) is 19.5 Å². The molecule has 2 heterocycles. The Morgan fingerprint density at radius 1 is 1.20 bits per heavy atom. The average molecular weight is 233 g/mol. The molecule has 4 heteroatoms. The van der Waals surface area contributed by atoms with E-state index in [0.29, 0.717) is 18.0 Å². The molecule has 2 rings (SSSR count). The first kappa shape index (κ1) is 12.8. The third-order valence-corrected chi connectivity index (χ3v) is 3.62. The summed E-state index contributed by atoms with van der Waals surface area (Å²) in [6.07, 6.45) is 3.37. The fourth-order valence-corrected chi connectivity index (χ4v) is 2.71. The quantitative estimate of drug-likeness (QED) is 0.742. The van der Waals surface area contributed by atoms with Crippen LogP contribution < -0.4 is 5.32 Å². The Hall–Kier alpha value is -0.280. The first-order valence-corrected chi connectivity index (χ1v) is 5.73. The molecule has 0 aromatic carbocycles. The first-order chi connectivity index (χ1) is 6.70.